The zero-order valence-electron chi connectivity index (χ0n) is 11.1. The zero-order chi connectivity index (χ0) is 13.7. The Balaban J connectivity index is 0.000000637. The topological polar surface area (TPSA) is 29.5 Å². The standard InChI is InChI=1S/C14H11O2P.C2H6/c15-17-16-14-9-10-5-1-2-6-11(10)12-7-3-4-8-13(12)14;1-2/h1-9,15,17H;1-2H3. The minimum Gasteiger partial charge on any atom is -0.449 e. The Morgan fingerprint density at radius 1 is 0.842 bits per heavy atom. The average molecular weight is 272 g/mol. The van der Waals surface area contributed by atoms with Crippen LogP contribution in [0.5, 0.6) is 5.75 Å². The quantitative estimate of drug-likeness (QED) is 0.531. The van der Waals surface area contributed by atoms with Crippen molar-refractivity contribution in [1.29, 1.82) is 0 Å². The van der Waals surface area contributed by atoms with Crippen LogP contribution in [0, 0.1) is 0 Å². The maximum absolute atomic E-state index is 8.96. The molecule has 0 aliphatic rings. The molecule has 0 spiro atoms. The van der Waals surface area contributed by atoms with Gasteiger partial charge in [0.15, 0.2) is 0 Å². The summed E-state index contributed by atoms with van der Waals surface area (Å²) in [6.07, 6.45) is 0. The minimum atomic E-state index is -0.530. The van der Waals surface area contributed by atoms with Gasteiger partial charge in [-0.05, 0) is 22.2 Å². The molecule has 0 saturated carbocycles. The number of hydrogen-bond acceptors (Lipinski definition) is 2. The lowest BCUT2D eigenvalue weighted by atomic mass is 10.0. The first-order chi connectivity index (χ1) is 9.40. The van der Waals surface area contributed by atoms with Gasteiger partial charge in [-0.15, -0.1) is 0 Å². The third-order valence-electron chi connectivity index (χ3n) is 2.89. The molecule has 1 unspecified atom stereocenters. The van der Waals surface area contributed by atoms with E-state index in [1.54, 1.807) is 0 Å². The Morgan fingerprint density at radius 3 is 2.11 bits per heavy atom. The van der Waals surface area contributed by atoms with Crippen molar-refractivity contribution in [1.82, 2.24) is 0 Å². The molecule has 0 bridgehead atoms. The van der Waals surface area contributed by atoms with Crippen molar-refractivity contribution in [3.8, 4) is 5.75 Å². The van der Waals surface area contributed by atoms with Gasteiger partial charge in [0.2, 0.25) is 9.03 Å². The molecule has 0 amide bonds. The van der Waals surface area contributed by atoms with Crippen molar-refractivity contribution >= 4 is 30.6 Å². The molecule has 2 nitrogen and oxygen atoms in total. The van der Waals surface area contributed by atoms with Gasteiger partial charge in [0.1, 0.15) is 5.75 Å². The number of rotatable bonds is 2. The molecular weight excluding hydrogens is 255 g/mol. The second-order valence-corrected chi connectivity index (χ2v) is 4.22. The van der Waals surface area contributed by atoms with Crippen molar-refractivity contribution < 1.29 is 9.42 Å². The predicted molar refractivity (Wildman–Crippen MR) is 84.0 cm³/mol. The normalized spacial score (nSPS) is 10.7. The lowest BCUT2D eigenvalue weighted by Gasteiger charge is -2.09. The summed E-state index contributed by atoms with van der Waals surface area (Å²) in [5, 5.41) is 4.52. The summed E-state index contributed by atoms with van der Waals surface area (Å²) < 4.78 is 5.31. The van der Waals surface area contributed by atoms with Crippen LogP contribution in [0.15, 0.2) is 54.6 Å². The van der Waals surface area contributed by atoms with E-state index in [0.717, 1.165) is 21.9 Å². The van der Waals surface area contributed by atoms with Crippen LogP contribution in [0.4, 0.5) is 0 Å². The molecule has 0 aliphatic carbocycles. The largest absolute Gasteiger partial charge is 0.449 e. The molecule has 0 aromatic heterocycles. The lowest BCUT2D eigenvalue weighted by Crippen LogP contribution is -1.83. The molecule has 98 valence electrons. The Kier molecular flexibility index (Phi) is 4.73. The maximum Gasteiger partial charge on any atom is 0.212 e. The van der Waals surface area contributed by atoms with Crippen LogP contribution in [0.2, 0.25) is 0 Å². The second kappa shape index (κ2) is 6.51. The van der Waals surface area contributed by atoms with Crippen molar-refractivity contribution in [2.75, 3.05) is 0 Å². The lowest BCUT2D eigenvalue weighted by molar-refractivity contribution is 0.518. The summed E-state index contributed by atoms with van der Waals surface area (Å²) >= 11 is 0. The number of hydrogen-bond donors (Lipinski definition) is 1. The van der Waals surface area contributed by atoms with E-state index in [2.05, 4.69) is 18.2 Å². The van der Waals surface area contributed by atoms with Crippen LogP contribution in [0.1, 0.15) is 13.8 Å². The van der Waals surface area contributed by atoms with Gasteiger partial charge < -0.3 is 9.42 Å². The molecule has 3 heteroatoms. The average Bonchev–Trinajstić information content (AvgIpc) is 2.50. The van der Waals surface area contributed by atoms with Crippen molar-refractivity contribution in [2.24, 2.45) is 0 Å². The van der Waals surface area contributed by atoms with Crippen molar-refractivity contribution in [3.63, 3.8) is 0 Å². The van der Waals surface area contributed by atoms with Gasteiger partial charge in [0.05, 0.1) is 0 Å². The molecule has 1 atom stereocenters. The van der Waals surface area contributed by atoms with E-state index in [1.165, 1.54) is 5.39 Å². The summed E-state index contributed by atoms with van der Waals surface area (Å²) in [5.41, 5.74) is 0. The molecule has 0 aliphatic heterocycles. The van der Waals surface area contributed by atoms with Crippen molar-refractivity contribution in [3.05, 3.63) is 54.6 Å². The maximum atomic E-state index is 8.96. The van der Waals surface area contributed by atoms with Crippen LogP contribution >= 0.6 is 9.03 Å². The van der Waals surface area contributed by atoms with E-state index in [4.69, 9.17) is 9.42 Å². The molecule has 19 heavy (non-hydrogen) atoms. The summed E-state index contributed by atoms with van der Waals surface area (Å²) in [4.78, 5) is 8.96. The fourth-order valence-corrected chi connectivity index (χ4v) is 2.42. The van der Waals surface area contributed by atoms with Crippen LogP contribution in [0.3, 0.4) is 0 Å². The number of benzene rings is 3. The van der Waals surface area contributed by atoms with E-state index in [0.29, 0.717) is 0 Å². The molecule has 1 N–H and O–H groups in total. The molecule has 0 fully saturated rings. The third kappa shape index (κ3) is 2.70. The Morgan fingerprint density at radius 2 is 1.42 bits per heavy atom. The van der Waals surface area contributed by atoms with E-state index < -0.39 is 9.03 Å². The molecular formula is C16H17O2P. The molecule has 0 saturated heterocycles. The van der Waals surface area contributed by atoms with Gasteiger partial charge in [0.25, 0.3) is 0 Å². The highest BCUT2D eigenvalue weighted by Gasteiger charge is 2.06. The first kappa shape index (κ1) is 13.8. The van der Waals surface area contributed by atoms with Crippen LogP contribution in [-0.2, 0) is 0 Å². The minimum absolute atomic E-state index is 0.530. The molecule has 3 aromatic carbocycles. The summed E-state index contributed by atoms with van der Waals surface area (Å²) in [5.74, 6) is 0.736. The van der Waals surface area contributed by atoms with E-state index in [1.807, 2.05) is 50.2 Å². The van der Waals surface area contributed by atoms with Gasteiger partial charge in [-0.3, -0.25) is 0 Å². The fraction of sp³-hybridized carbons (Fsp3) is 0.125. The fourth-order valence-electron chi connectivity index (χ4n) is 2.15. The molecule has 3 rings (SSSR count). The van der Waals surface area contributed by atoms with Crippen LogP contribution in [0.25, 0.3) is 21.5 Å². The highest BCUT2D eigenvalue weighted by Crippen LogP contribution is 2.35. The zero-order valence-corrected chi connectivity index (χ0v) is 12.1. The molecule has 0 radical (unpaired) electrons. The second-order valence-electron chi connectivity index (χ2n) is 3.83. The number of fused-ring (bicyclic) bond motifs is 3. The molecule has 3 aromatic rings. The SMILES string of the molecule is CC.OPOc1cc2ccccc2c2ccccc12. The van der Waals surface area contributed by atoms with Crippen LogP contribution in [-0.4, -0.2) is 4.89 Å². The highest BCUT2D eigenvalue weighted by molar-refractivity contribution is 7.25. The van der Waals surface area contributed by atoms with Gasteiger partial charge in [-0.25, -0.2) is 0 Å². The Labute approximate surface area is 115 Å². The van der Waals surface area contributed by atoms with Gasteiger partial charge in [-0.2, -0.15) is 0 Å². The van der Waals surface area contributed by atoms with Gasteiger partial charge >= 0.3 is 0 Å². The summed E-state index contributed by atoms with van der Waals surface area (Å²) in [6.45, 7) is 4.00. The van der Waals surface area contributed by atoms with E-state index in [-0.39, 0.29) is 0 Å². The van der Waals surface area contributed by atoms with E-state index in [9.17, 15) is 0 Å². The highest BCUT2D eigenvalue weighted by atomic mass is 31.1. The van der Waals surface area contributed by atoms with Gasteiger partial charge in [-0.1, -0.05) is 62.4 Å². The summed E-state index contributed by atoms with van der Waals surface area (Å²) in [6, 6.07) is 18.2. The first-order valence-corrected chi connectivity index (χ1v) is 7.22. The Bertz CT molecular complexity index is 680. The van der Waals surface area contributed by atoms with Gasteiger partial charge in [0, 0.05) is 5.39 Å². The predicted octanol–water partition coefficient (Wildman–Crippen LogP) is 4.90. The smallest absolute Gasteiger partial charge is 0.212 e. The van der Waals surface area contributed by atoms with Crippen molar-refractivity contribution in [2.45, 2.75) is 13.8 Å². The monoisotopic (exact) mass is 272 g/mol. The summed E-state index contributed by atoms with van der Waals surface area (Å²) in [7, 11) is -0.530. The first-order valence-electron chi connectivity index (χ1n) is 6.36. The van der Waals surface area contributed by atoms with E-state index >= 15 is 0 Å². The molecule has 0 heterocycles. The Hall–Kier alpha value is -1.63. The third-order valence-corrected chi connectivity index (χ3v) is 3.20. The van der Waals surface area contributed by atoms with Crippen LogP contribution < -0.4 is 4.52 Å².